The molecule has 2 N–H and O–H groups in total. The van der Waals surface area contributed by atoms with Crippen LogP contribution in [0.2, 0.25) is 0 Å². The van der Waals surface area contributed by atoms with Crippen molar-refractivity contribution >= 4 is 12.1 Å². The van der Waals surface area contributed by atoms with Crippen LogP contribution in [0.1, 0.15) is 27.2 Å². The van der Waals surface area contributed by atoms with Gasteiger partial charge in [0.05, 0.1) is 13.0 Å². The van der Waals surface area contributed by atoms with Crippen LogP contribution in [0.25, 0.3) is 0 Å². The number of hydrogen-bond donors (Lipinski definition) is 2. The number of nitrogens with one attached hydrogen (secondary N) is 1. The van der Waals surface area contributed by atoms with E-state index in [1.165, 1.54) is 7.11 Å². The molecule has 0 saturated heterocycles. The summed E-state index contributed by atoms with van der Waals surface area (Å²) >= 11 is 0. The largest absolute Gasteiger partial charge is 0.469 e. The first kappa shape index (κ1) is 18.4. The SMILES string of the molecule is C=C[C@H](CCO)[C@@H](CNC(=O)OC(C)(C)C)C(=O)OC. The van der Waals surface area contributed by atoms with Crippen molar-refractivity contribution in [3.05, 3.63) is 12.7 Å². The Balaban J connectivity index is 4.62. The van der Waals surface area contributed by atoms with E-state index >= 15 is 0 Å². The standard InChI is InChI=1S/C14H25NO5/c1-6-10(7-8-16)11(12(17)19-5)9-15-13(18)20-14(2,3)4/h6,10-11,16H,1,7-9H2,2-5H3,(H,15,18)/t10-,11-/m1/s1. The number of allylic oxidation sites excluding steroid dienone is 1. The topological polar surface area (TPSA) is 84.9 Å². The first-order valence-corrected chi connectivity index (χ1v) is 6.53. The van der Waals surface area contributed by atoms with Gasteiger partial charge in [-0.2, -0.15) is 0 Å². The highest BCUT2D eigenvalue weighted by Gasteiger charge is 2.28. The molecule has 0 aromatic carbocycles. The maximum Gasteiger partial charge on any atom is 0.407 e. The average Bonchev–Trinajstić information content (AvgIpc) is 2.34. The van der Waals surface area contributed by atoms with E-state index in [1.807, 2.05) is 0 Å². The van der Waals surface area contributed by atoms with Crippen molar-refractivity contribution in [1.29, 1.82) is 0 Å². The zero-order chi connectivity index (χ0) is 15.8. The molecule has 20 heavy (non-hydrogen) atoms. The minimum atomic E-state index is -0.603. The number of aliphatic hydroxyl groups is 1. The van der Waals surface area contributed by atoms with Crippen molar-refractivity contribution in [2.24, 2.45) is 11.8 Å². The van der Waals surface area contributed by atoms with Gasteiger partial charge in [0, 0.05) is 13.2 Å². The zero-order valence-electron chi connectivity index (χ0n) is 12.6. The zero-order valence-corrected chi connectivity index (χ0v) is 12.6. The number of rotatable bonds is 7. The normalized spacial score (nSPS) is 14.1. The van der Waals surface area contributed by atoms with Crippen molar-refractivity contribution in [3.63, 3.8) is 0 Å². The van der Waals surface area contributed by atoms with E-state index in [0.29, 0.717) is 6.42 Å². The summed E-state index contributed by atoms with van der Waals surface area (Å²) in [5.74, 6) is -1.33. The molecule has 0 bridgehead atoms. The number of ether oxygens (including phenoxy) is 2. The van der Waals surface area contributed by atoms with E-state index < -0.39 is 23.6 Å². The van der Waals surface area contributed by atoms with Gasteiger partial charge in [-0.1, -0.05) is 6.08 Å². The highest BCUT2D eigenvalue weighted by atomic mass is 16.6. The van der Waals surface area contributed by atoms with Gasteiger partial charge in [0.15, 0.2) is 0 Å². The van der Waals surface area contributed by atoms with Gasteiger partial charge in [-0.25, -0.2) is 4.79 Å². The van der Waals surface area contributed by atoms with E-state index in [0.717, 1.165) is 0 Å². The van der Waals surface area contributed by atoms with Crippen LogP contribution >= 0.6 is 0 Å². The third kappa shape index (κ3) is 7.13. The lowest BCUT2D eigenvalue weighted by atomic mass is 9.89. The molecule has 2 atom stereocenters. The van der Waals surface area contributed by atoms with Gasteiger partial charge < -0.3 is 19.9 Å². The van der Waals surface area contributed by atoms with Crippen molar-refractivity contribution in [3.8, 4) is 0 Å². The minimum absolute atomic E-state index is 0.0677. The fraction of sp³-hybridized carbons (Fsp3) is 0.714. The maximum absolute atomic E-state index is 11.7. The van der Waals surface area contributed by atoms with Gasteiger partial charge in [-0.3, -0.25) is 4.79 Å². The van der Waals surface area contributed by atoms with Gasteiger partial charge in [0.1, 0.15) is 5.60 Å². The van der Waals surface area contributed by atoms with Crippen molar-refractivity contribution in [1.82, 2.24) is 5.32 Å². The fourth-order valence-electron chi connectivity index (χ4n) is 1.70. The molecule has 116 valence electrons. The molecular weight excluding hydrogens is 262 g/mol. The Kier molecular flexibility index (Phi) is 7.91. The van der Waals surface area contributed by atoms with Crippen LogP contribution in [-0.4, -0.2) is 43.0 Å². The molecule has 0 aliphatic heterocycles. The number of hydrogen-bond acceptors (Lipinski definition) is 5. The summed E-state index contributed by atoms with van der Waals surface area (Å²) in [4.78, 5) is 23.3. The first-order chi connectivity index (χ1) is 9.25. The average molecular weight is 287 g/mol. The predicted octanol–water partition coefficient (Wildman–Crippen LogP) is 1.48. The molecule has 1 amide bonds. The molecule has 6 nitrogen and oxygen atoms in total. The van der Waals surface area contributed by atoms with Crippen molar-refractivity contribution < 1.29 is 24.2 Å². The third-order valence-corrected chi connectivity index (χ3v) is 2.65. The summed E-state index contributed by atoms with van der Waals surface area (Å²) in [6, 6.07) is 0. The smallest absolute Gasteiger partial charge is 0.407 e. The third-order valence-electron chi connectivity index (χ3n) is 2.65. The Morgan fingerprint density at radius 3 is 2.40 bits per heavy atom. The molecular formula is C14H25NO5. The number of amides is 1. The van der Waals surface area contributed by atoms with Crippen LogP contribution < -0.4 is 5.32 Å². The molecule has 0 saturated carbocycles. The fourth-order valence-corrected chi connectivity index (χ4v) is 1.70. The molecule has 0 radical (unpaired) electrons. The highest BCUT2D eigenvalue weighted by molar-refractivity contribution is 5.74. The van der Waals surface area contributed by atoms with E-state index in [4.69, 9.17) is 14.6 Å². The van der Waals surface area contributed by atoms with Crippen molar-refractivity contribution in [2.75, 3.05) is 20.3 Å². The summed E-state index contributed by atoms with van der Waals surface area (Å²) in [6.07, 6.45) is 1.35. The van der Waals surface area contributed by atoms with Gasteiger partial charge in [-0.05, 0) is 33.1 Å². The number of esters is 1. The molecule has 0 fully saturated rings. The first-order valence-electron chi connectivity index (χ1n) is 6.53. The predicted molar refractivity (Wildman–Crippen MR) is 75.1 cm³/mol. The Hall–Kier alpha value is -1.56. The summed E-state index contributed by atoms with van der Waals surface area (Å²) in [6.45, 7) is 8.89. The number of carbonyl (C=O) groups excluding carboxylic acids is 2. The second-order valence-electron chi connectivity index (χ2n) is 5.42. The summed E-state index contributed by atoms with van der Waals surface area (Å²) in [5, 5.41) is 11.5. The molecule has 0 aliphatic rings. The Bertz CT molecular complexity index is 335. The van der Waals surface area contributed by atoms with Crippen LogP contribution in [-0.2, 0) is 14.3 Å². The van der Waals surface area contributed by atoms with Crippen LogP contribution in [0.3, 0.4) is 0 Å². The summed E-state index contributed by atoms with van der Waals surface area (Å²) < 4.78 is 9.81. The Morgan fingerprint density at radius 1 is 1.40 bits per heavy atom. The van der Waals surface area contributed by atoms with E-state index in [1.54, 1.807) is 26.8 Å². The summed E-state index contributed by atoms with van der Waals surface area (Å²) in [5.41, 5.74) is -0.603. The van der Waals surface area contributed by atoms with Gasteiger partial charge in [0.25, 0.3) is 0 Å². The molecule has 0 unspecified atom stereocenters. The van der Waals surface area contributed by atoms with Crippen LogP contribution in [0.15, 0.2) is 12.7 Å². The molecule has 0 aromatic rings. The molecule has 0 rings (SSSR count). The van der Waals surface area contributed by atoms with Gasteiger partial charge in [0.2, 0.25) is 0 Å². The van der Waals surface area contributed by atoms with Gasteiger partial charge >= 0.3 is 12.1 Å². The number of aliphatic hydroxyl groups excluding tert-OH is 1. The maximum atomic E-state index is 11.7. The lowest BCUT2D eigenvalue weighted by Crippen LogP contribution is -2.40. The highest BCUT2D eigenvalue weighted by Crippen LogP contribution is 2.18. The molecule has 0 aliphatic carbocycles. The molecule has 6 heteroatoms. The second-order valence-corrected chi connectivity index (χ2v) is 5.42. The van der Waals surface area contributed by atoms with Crippen LogP contribution in [0, 0.1) is 11.8 Å². The number of alkyl carbamates (subject to hydrolysis) is 1. The summed E-state index contributed by atoms with van der Waals surface area (Å²) in [7, 11) is 1.28. The van der Waals surface area contributed by atoms with Crippen LogP contribution in [0.4, 0.5) is 4.79 Å². The molecule has 0 spiro atoms. The number of carbonyl (C=O) groups is 2. The quantitative estimate of drug-likeness (QED) is 0.547. The lowest BCUT2D eigenvalue weighted by Gasteiger charge is -2.24. The lowest BCUT2D eigenvalue weighted by molar-refractivity contribution is -0.146. The molecule has 0 heterocycles. The van der Waals surface area contributed by atoms with Crippen molar-refractivity contribution in [2.45, 2.75) is 32.8 Å². The monoisotopic (exact) mass is 287 g/mol. The second kappa shape index (κ2) is 8.58. The van der Waals surface area contributed by atoms with E-state index in [9.17, 15) is 9.59 Å². The van der Waals surface area contributed by atoms with Crippen LogP contribution in [0.5, 0.6) is 0 Å². The Morgan fingerprint density at radius 2 is 2.00 bits per heavy atom. The van der Waals surface area contributed by atoms with Gasteiger partial charge in [-0.15, -0.1) is 6.58 Å². The molecule has 0 aromatic heterocycles. The number of methoxy groups -OCH3 is 1. The Labute approximate surface area is 120 Å². The van der Waals surface area contributed by atoms with E-state index in [2.05, 4.69) is 11.9 Å². The van der Waals surface area contributed by atoms with E-state index in [-0.39, 0.29) is 19.1 Å². The minimum Gasteiger partial charge on any atom is -0.469 e.